The number of aliphatic hydroxyl groups is 1. The minimum absolute atomic E-state index is 0.555. The number of methoxy groups -OCH3 is 1. The second kappa shape index (κ2) is 7.58. The fraction of sp³-hybridized carbons (Fsp3) is 0.176. The van der Waals surface area contributed by atoms with Crippen molar-refractivity contribution < 1.29 is 9.84 Å². The molecule has 1 aromatic carbocycles. The van der Waals surface area contributed by atoms with Gasteiger partial charge in [-0.2, -0.15) is 0 Å². The predicted octanol–water partition coefficient (Wildman–Crippen LogP) is 2.24. The summed E-state index contributed by atoms with van der Waals surface area (Å²) in [7, 11) is 1.46. The molecule has 0 aliphatic heterocycles. The van der Waals surface area contributed by atoms with E-state index < -0.39 is 6.29 Å². The van der Waals surface area contributed by atoms with Crippen molar-refractivity contribution in [3.8, 4) is 0 Å². The lowest BCUT2D eigenvalue weighted by molar-refractivity contribution is -0.0769. The van der Waals surface area contributed by atoms with Crippen molar-refractivity contribution in [3.05, 3.63) is 72.6 Å². The van der Waals surface area contributed by atoms with Gasteiger partial charge in [0.1, 0.15) is 12.1 Å². The molecule has 1 atom stereocenters. The largest absolute Gasteiger partial charge is 0.364 e. The van der Waals surface area contributed by atoms with E-state index in [4.69, 9.17) is 4.74 Å². The molecule has 0 saturated heterocycles. The molecule has 0 amide bonds. The Labute approximate surface area is 139 Å². The van der Waals surface area contributed by atoms with Gasteiger partial charge in [0.15, 0.2) is 12.1 Å². The summed E-state index contributed by atoms with van der Waals surface area (Å²) in [5.74, 6) is 1.42. The monoisotopic (exact) mass is 323 g/mol. The molecule has 0 radical (unpaired) electrons. The first-order chi connectivity index (χ1) is 11.8. The van der Waals surface area contributed by atoms with E-state index in [1.807, 2.05) is 35.2 Å². The quantitative estimate of drug-likeness (QED) is 0.696. The molecule has 24 heavy (non-hydrogen) atoms. The Morgan fingerprint density at radius 3 is 2.46 bits per heavy atom. The van der Waals surface area contributed by atoms with Gasteiger partial charge in [-0.05, 0) is 11.6 Å². The molecule has 7 heteroatoms. The molecule has 122 valence electrons. The molecule has 0 saturated carbocycles. The summed E-state index contributed by atoms with van der Waals surface area (Å²) in [5, 5.41) is 9.69. The summed E-state index contributed by atoms with van der Waals surface area (Å²) < 4.78 is 4.91. The molecule has 0 spiro atoms. The molecule has 3 aromatic rings. The molecular weight excluding hydrogens is 306 g/mol. The van der Waals surface area contributed by atoms with Crippen LogP contribution in [0.5, 0.6) is 0 Å². The van der Waals surface area contributed by atoms with Crippen LogP contribution in [-0.2, 0) is 11.3 Å². The summed E-state index contributed by atoms with van der Waals surface area (Å²) >= 11 is 0. The summed E-state index contributed by atoms with van der Waals surface area (Å²) in [5.41, 5.74) is 1.74. The number of hydrogen-bond acceptors (Lipinski definition) is 7. The van der Waals surface area contributed by atoms with E-state index in [1.165, 1.54) is 13.4 Å². The summed E-state index contributed by atoms with van der Waals surface area (Å²) in [4.78, 5) is 18.7. The van der Waals surface area contributed by atoms with Gasteiger partial charge in [0, 0.05) is 31.3 Å². The van der Waals surface area contributed by atoms with Gasteiger partial charge < -0.3 is 14.7 Å². The van der Waals surface area contributed by atoms with Gasteiger partial charge in [-0.3, -0.25) is 4.98 Å². The Morgan fingerprint density at radius 2 is 1.83 bits per heavy atom. The third-order valence-electron chi connectivity index (χ3n) is 3.50. The maximum atomic E-state index is 9.69. The van der Waals surface area contributed by atoms with Gasteiger partial charge in [-0.1, -0.05) is 24.3 Å². The minimum atomic E-state index is -0.919. The fourth-order valence-corrected chi connectivity index (χ4v) is 2.26. The molecule has 0 fully saturated rings. The van der Waals surface area contributed by atoms with E-state index in [-0.39, 0.29) is 0 Å². The Bertz CT molecular complexity index is 713. The highest BCUT2D eigenvalue weighted by molar-refractivity contribution is 5.54. The topological polar surface area (TPSA) is 84.3 Å². The van der Waals surface area contributed by atoms with Crippen molar-refractivity contribution >= 4 is 11.6 Å². The van der Waals surface area contributed by atoms with Crippen LogP contribution in [0.15, 0.2) is 61.4 Å². The summed E-state index contributed by atoms with van der Waals surface area (Å²) in [6.07, 6.45) is 7.22. The van der Waals surface area contributed by atoms with Crippen LogP contribution in [-0.4, -0.2) is 32.2 Å². The van der Waals surface area contributed by atoms with Gasteiger partial charge in [-0.25, -0.2) is 15.0 Å². The molecular formula is C17H17N5O2. The molecule has 1 unspecified atom stereocenters. The van der Waals surface area contributed by atoms with Gasteiger partial charge >= 0.3 is 0 Å². The maximum absolute atomic E-state index is 9.69. The number of nitrogens with zero attached hydrogens (tertiary/aromatic N) is 5. The van der Waals surface area contributed by atoms with Crippen molar-refractivity contribution in [1.29, 1.82) is 0 Å². The number of hydrogen-bond donors (Lipinski definition) is 1. The molecule has 0 aliphatic rings. The molecule has 0 aliphatic carbocycles. The molecule has 3 rings (SSSR count). The number of benzene rings is 1. The van der Waals surface area contributed by atoms with Gasteiger partial charge in [0.05, 0.1) is 12.7 Å². The van der Waals surface area contributed by atoms with Crippen LogP contribution >= 0.6 is 0 Å². The lowest BCUT2D eigenvalue weighted by Crippen LogP contribution is -2.19. The van der Waals surface area contributed by atoms with Crippen molar-refractivity contribution in [2.75, 3.05) is 12.0 Å². The Morgan fingerprint density at radius 1 is 1.00 bits per heavy atom. The predicted molar refractivity (Wildman–Crippen MR) is 88.3 cm³/mol. The van der Waals surface area contributed by atoms with Gasteiger partial charge in [-0.15, -0.1) is 0 Å². The zero-order valence-electron chi connectivity index (χ0n) is 13.1. The van der Waals surface area contributed by atoms with E-state index in [9.17, 15) is 5.11 Å². The van der Waals surface area contributed by atoms with Crippen LogP contribution in [0.3, 0.4) is 0 Å². The average Bonchev–Trinajstić information content (AvgIpc) is 2.67. The number of aliphatic hydroxyl groups excluding tert-OH is 1. The highest BCUT2D eigenvalue weighted by Crippen LogP contribution is 2.23. The molecule has 0 bridgehead atoms. The number of aromatic nitrogens is 4. The standard InChI is InChI=1S/C17H17N5O2/c1-24-17(23)14-4-2-13(3-5-14)11-22(15-6-7-19-12-21-15)16-10-18-8-9-20-16/h2-10,12,17,23H,11H2,1H3. The van der Waals surface area contributed by atoms with Crippen LogP contribution in [0.25, 0.3) is 0 Å². The zero-order valence-corrected chi connectivity index (χ0v) is 13.1. The Hall–Kier alpha value is -2.90. The summed E-state index contributed by atoms with van der Waals surface area (Å²) in [6, 6.07) is 9.35. The van der Waals surface area contributed by atoms with Crippen LogP contribution in [0.2, 0.25) is 0 Å². The minimum Gasteiger partial charge on any atom is -0.364 e. The molecule has 2 aromatic heterocycles. The summed E-state index contributed by atoms with van der Waals surface area (Å²) in [6.45, 7) is 0.555. The van der Waals surface area contributed by atoms with E-state index in [0.717, 1.165) is 11.4 Å². The first kappa shape index (κ1) is 16.0. The second-order valence-electron chi connectivity index (χ2n) is 5.05. The number of rotatable bonds is 6. The van der Waals surface area contributed by atoms with Crippen molar-refractivity contribution in [2.24, 2.45) is 0 Å². The number of ether oxygens (including phenoxy) is 1. The second-order valence-corrected chi connectivity index (χ2v) is 5.05. The van der Waals surface area contributed by atoms with E-state index in [2.05, 4.69) is 19.9 Å². The first-order valence-corrected chi connectivity index (χ1v) is 7.37. The van der Waals surface area contributed by atoms with Crippen molar-refractivity contribution in [2.45, 2.75) is 12.8 Å². The molecule has 7 nitrogen and oxygen atoms in total. The SMILES string of the molecule is COC(O)c1ccc(CN(c2ccncn2)c2cnccn2)cc1. The van der Waals surface area contributed by atoms with Crippen molar-refractivity contribution in [3.63, 3.8) is 0 Å². The van der Waals surface area contributed by atoms with Gasteiger partial charge in [0.25, 0.3) is 0 Å². The number of anilines is 2. The zero-order chi connectivity index (χ0) is 16.8. The average molecular weight is 323 g/mol. The lowest BCUT2D eigenvalue weighted by atomic mass is 10.1. The van der Waals surface area contributed by atoms with E-state index >= 15 is 0 Å². The lowest BCUT2D eigenvalue weighted by Gasteiger charge is -2.22. The maximum Gasteiger partial charge on any atom is 0.180 e. The normalized spacial score (nSPS) is 11.9. The van der Waals surface area contributed by atoms with Gasteiger partial charge in [0.2, 0.25) is 0 Å². The smallest absolute Gasteiger partial charge is 0.180 e. The van der Waals surface area contributed by atoms with Crippen LogP contribution in [0.4, 0.5) is 11.6 Å². The first-order valence-electron chi connectivity index (χ1n) is 7.37. The Kier molecular flexibility index (Phi) is 5.05. The van der Waals surface area contributed by atoms with Crippen LogP contribution < -0.4 is 4.90 Å². The van der Waals surface area contributed by atoms with Crippen LogP contribution in [0.1, 0.15) is 17.4 Å². The Balaban J connectivity index is 1.87. The third-order valence-corrected chi connectivity index (χ3v) is 3.50. The highest BCUT2D eigenvalue weighted by atomic mass is 16.6. The fourth-order valence-electron chi connectivity index (χ4n) is 2.26. The van der Waals surface area contributed by atoms with Crippen molar-refractivity contribution in [1.82, 2.24) is 19.9 Å². The third kappa shape index (κ3) is 3.70. The van der Waals surface area contributed by atoms with Crippen LogP contribution in [0, 0.1) is 0 Å². The molecule has 1 N–H and O–H groups in total. The highest BCUT2D eigenvalue weighted by Gasteiger charge is 2.13. The molecule has 2 heterocycles. The van der Waals surface area contributed by atoms with E-state index in [0.29, 0.717) is 17.9 Å². The van der Waals surface area contributed by atoms with E-state index in [1.54, 1.807) is 24.8 Å².